The molecule has 0 unspecified atom stereocenters. The topological polar surface area (TPSA) is 99.3 Å². The van der Waals surface area contributed by atoms with Gasteiger partial charge in [0.15, 0.2) is 0 Å². The molecule has 3 amide bonds. The third kappa shape index (κ3) is 4.80. The zero-order valence-electron chi connectivity index (χ0n) is 19.1. The van der Waals surface area contributed by atoms with Crippen molar-refractivity contribution in [1.29, 1.82) is 0 Å². The predicted molar refractivity (Wildman–Crippen MR) is 136 cm³/mol. The first-order chi connectivity index (χ1) is 17.0. The second-order valence-corrected chi connectivity index (χ2v) is 8.85. The monoisotopic (exact) mass is 466 g/mol. The zero-order valence-corrected chi connectivity index (χ0v) is 19.1. The van der Waals surface area contributed by atoms with Gasteiger partial charge in [0.2, 0.25) is 5.91 Å². The number of carbonyl (C=O) groups is 3. The van der Waals surface area contributed by atoms with E-state index in [2.05, 4.69) is 27.8 Å². The van der Waals surface area contributed by atoms with Gasteiger partial charge in [-0.2, -0.15) is 0 Å². The van der Waals surface area contributed by atoms with Crippen molar-refractivity contribution >= 4 is 29.1 Å². The third-order valence-electron chi connectivity index (χ3n) is 6.45. The van der Waals surface area contributed by atoms with Gasteiger partial charge < -0.3 is 21.3 Å². The molecule has 0 spiro atoms. The maximum atomic E-state index is 12.6. The van der Waals surface area contributed by atoms with Crippen LogP contribution in [0.15, 0.2) is 79.4 Å². The van der Waals surface area contributed by atoms with E-state index in [0.29, 0.717) is 17.7 Å². The average Bonchev–Trinajstić information content (AvgIpc) is 3.23. The van der Waals surface area contributed by atoms with Crippen molar-refractivity contribution in [1.82, 2.24) is 10.6 Å². The molecule has 1 aliphatic carbocycles. The van der Waals surface area contributed by atoms with E-state index in [1.807, 2.05) is 54.6 Å². The van der Waals surface area contributed by atoms with E-state index in [4.69, 9.17) is 0 Å². The second-order valence-electron chi connectivity index (χ2n) is 8.85. The van der Waals surface area contributed by atoms with Gasteiger partial charge in [0, 0.05) is 41.1 Å². The fourth-order valence-corrected chi connectivity index (χ4v) is 4.55. The van der Waals surface area contributed by atoms with Gasteiger partial charge in [-0.3, -0.25) is 14.4 Å². The molecular formula is C28H26N4O3. The average molecular weight is 467 g/mol. The van der Waals surface area contributed by atoms with Gasteiger partial charge in [0.05, 0.1) is 0 Å². The van der Waals surface area contributed by atoms with Crippen LogP contribution in [0.5, 0.6) is 0 Å². The molecule has 0 atom stereocenters. The lowest BCUT2D eigenvalue weighted by molar-refractivity contribution is -0.117. The van der Waals surface area contributed by atoms with Crippen LogP contribution in [0.3, 0.4) is 0 Å². The van der Waals surface area contributed by atoms with Crippen molar-refractivity contribution in [2.45, 2.75) is 31.5 Å². The van der Waals surface area contributed by atoms with Gasteiger partial charge in [0.25, 0.3) is 11.8 Å². The molecule has 7 heteroatoms. The normalized spacial score (nSPS) is 18.0. The summed E-state index contributed by atoms with van der Waals surface area (Å²) in [6, 6.07) is 21.0. The van der Waals surface area contributed by atoms with Gasteiger partial charge in [-0.05, 0) is 72.0 Å². The van der Waals surface area contributed by atoms with Crippen LogP contribution in [0.2, 0.25) is 0 Å². The number of amides is 3. The van der Waals surface area contributed by atoms with Crippen molar-refractivity contribution in [3.63, 3.8) is 0 Å². The Hall–Kier alpha value is -4.39. The lowest BCUT2D eigenvalue weighted by Gasteiger charge is -2.36. The van der Waals surface area contributed by atoms with E-state index in [1.54, 1.807) is 12.1 Å². The number of nitrogens with one attached hydrogen (secondary N) is 4. The standard InChI is InChI=1S/C28H26N4O3/c1-2-26(33)31-21-12-20(13-21)30-22-14-23(25-16-29-28(35)24(25)15-22)17-8-10-18(11-9-17)27(34)32-19-6-4-3-5-7-19/h2-11,14-15,20-21,30H,1,12-13,16H2,(H,29,35)(H,31,33)(H,32,34). The number of benzene rings is 3. The van der Waals surface area contributed by atoms with Crippen LogP contribution in [0.4, 0.5) is 11.4 Å². The van der Waals surface area contributed by atoms with E-state index in [0.717, 1.165) is 40.9 Å². The molecule has 0 radical (unpaired) electrons. The van der Waals surface area contributed by atoms with Gasteiger partial charge in [-0.1, -0.05) is 36.9 Å². The first kappa shape index (κ1) is 22.4. The Balaban J connectivity index is 1.34. The van der Waals surface area contributed by atoms with E-state index in [9.17, 15) is 14.4 Å². The van der Waals surface area contributed by atoms with Crippen LogP contribution in [0, 0.1) is 0 Å². The number of fused-ring (bicyclic) bond motifs is 1. The molecule has 7 nitrogen and oxygen atoms in total. The number of carbonyl (C=O) groups excluding carboxylic acids is 3. The van der Waals surface area contributed by atoms with Gasteiger partial charge in [0.1, 0.15) is 0 Å². The van der Waals surface area contributed by atoms with Crippen molar-refractivity contribution in [2.75, 3.05) is 10.6 Å². The Morgan fingerprint density at radius 1 is 0.914 bits per heavy atom. The minimum atomic E-state index is -0.177. The minimum Gasteiger partial charge on any atom is -0.382 e. The third-order valence-corrected chi connectivity index (χ3v) is 6.45. The number of anilines is 2. The molecule has 35 heavy (non-hydrogen) atoms. The van der Waals surface area contributed by atoms with Crippen LogP contribution in [-0.2, 0) is 11.3 Å². The fraction of sp³-hybridized carbons (Fsp3) is 0.179. The Morgan fingerprint density at radius 2 is 1.63 bits per heavy atom. The molecule has 0 bridgehead atoms. The SMILES string of the molecule is C=CC(=O)NC1CC(Nc2cc3c(c(-c4ccc(C(=O)Nc5ccccc5)cc4)c2)CNC3=O)C1. The molecular weight excluding hydrogens is 440 g/mol. The minimum absolute atomic E-state index is 0.0894. The molecule has 4 N–H and O–H groups in total. The predicted octanol–water partition coefficient (Wildman–Crippen LogP) is 4.09. The summed E-state index contributed by atoms with van der Waals surface area (Å²) in [6.45, 7) is 3.95. The summed E-state index contributed by atoms with van der Waals surface area (Å²) < 4.78 is 0. The molecule has 1 saturated carbocycles. The van der Waals surface area contributed by atoms with Crippen LogP contribution in [0.25, 0.3) is 11.1 Å². The summed E-state index contributed by atoms with van der Waals surface area (Å²) in [4.78, 5) is 36.5. The molecule has 2 aliphatic rings. The van der Waals surface area contributed by atoms with Gasteiger partial charge in [-0.25, -0.2) is 0 Å². The molecule has 1 heterocycles. The highest BCUT2D eigenvalue weighted by molar-refractivity contribution is 6.05. The van der Waals surface area contributed by atoms with Crippen molar-refractivity contribution in [3.8, 4) is 11.1 Å². The zero-order chi connectivity index (χ0) is 24.4. The molecule has 5 rings (SSSR count). The Labute approximate surface area is 203 Å². The first-order valence-corrected chi connectivity index (χ1v) is 11.6. The second kappa shape index (κ2) is 9.46. The number of hydrogen-bond acceptors (Lipinski definition) is 4. The summed E-state index contributed by atoms with van der Waals surface area (Å²) in [7, 11) is 0. The molecule has 176 valence electrons. The van der Waals surface area contributed by atoms with Crippen molar-refractivity contribution in [2.24, 2.45) is 0 Å². The summed E-state index contributed by atoms with van der Waals surface area (Å²) in [5.41, 5.74) is 5.65. The summed E-state index contributed by atoms with van der Waals surface area (Å²) in [5.74, 6) is -0.428. The Bertz CT molecular complexity index is 1300. The first-order valence-electron chi connectivity index (χ1n) is 11.6. The summed E-state index contributed by atoms with van der Waals surface area (Å²) >= 11 is 0. The highest BCUT2D eigenvalue weighted by Gasteiger charge is 2.31. The highest BCUT2D eigenvalue weighted by atomic mass is 16.2. The number of rotatable bonds is 7. The molecule has 1 aliphatic heterocycles. The summed E-state index contributed by atoms with van der Waals surface area (Å²) in [5, 5.41) is 12.2. The van der Waals surface area contributed by atoms with Crippen LogP contribution < -0.4 is 21.3 Å². The maximum Gasteiger partial charge on any atom is 0.255 e. The van der Waals surface area contributed by atoms with Crippen molar-refractivity contribution < 1.29 is 14.4 Å². The number of hydrogen-bond donors (Lipinski definition) is 4. The Kier molecular flexibility index (Phi) is 6.06. The highest BCUT2D eigenvalue weighted by Crippen LogP contribution is 2.34. The molecule has 3 aromatic carbocycles. The maximum absolute atomic E-state index is 12.6. The Morgan fingerprint density at radius 3 is 2.34 bits per heavy atom. The fourth-order valence-electron chi connectivity index (χ4n) is 4.55. The molecule has 0 saturated heterocycles. The van der Waals surface area contributed by atoms with Crippen LogP contribution in [0.1, 0.15) is 39.1 Å². The van der Waals surface area contributed by atoms with E-state index in [-0.39, 0.29) is 29.8 Å². The van der Waals surface area contributed by atoms with E-state index in [1.165, 1.54) is 6.08 Å². The number of para-hydroxylation sites is 1. The van der Waals surface area contributed by atoms with Crippen LogP contribution in [-0.4, -0.2) is 29.8 Å². The van der Waals surface area contributed by atoms with Crippen LogP contribution >= 0.6 is 0 Å². The largest absolute Gasteiger partial charge is 0.382 e. The lowest BCUT2D eigenvalue weighted by atomic mass is 9.86. The van der Waals surface area contributed by atoms with E-state index < -0.39 is 0 Å². The van der Waals surface area contributed by atoms with Gasteiger partial charge in [-0.15, -0.1) is 0 Å². The van der Waals surface area contributed by atoms with Crippen molar-refractivity contribution in [3.05, 3.63) is 96.1 Å². The molecule has 1 fully saturated rings. The molecule has 0 aromatic heterocycles. The quantitative estimate of drug-likeness (QED) is 0.394. The summed E-state index contributed by atoms with van der Waals surface area (Å²) in [6.07, 6.45) is 2.90. The molecule has 3 aromatic rings. The smallest absolute Gasteiger partial charge is 0.255 e. The lowest BCUT2D eigenvalue weighted by Crippen LogP contribution is -2.49. The van der Waals surface area contributed by atoms with E-state index >= 15 is 0 Å². The van der Waals surface area contributed by atoms with Gasteiger partial charge >= 0.3 is 0 Å².